The molecule has 0 aromatic rings. The lowest BCUT2D eigenvalue weighted by atomic mass is 9.96. The molecule has 4 N–H and O–H groups in total. The van der Waals surface area contributed by atoms with Crippen molar-refractivity contribution >= 4 is 23.8 Å². The molecule has 10 heteroatoms. The molecule has 3 aliphatic rings. The third kappa shape index (κ3) is 7.98. The summed E-state index contributed by atoms with van der Waals surface area (Å²) in [7, 11) is 0. The smallest absolute Gasteiger partial charge is 0.408 e. The van der Waals surface area contributed by atoms with Crippen LogP contribution in [0, 0.1) is 17.3 Å². The van der Waals surface area contributed by atoms with Crippen molar-refractivity contribution < 1.29 is 29.0 Å². The molecule has 10 nitrogen and oxygen atoms in total. The highest BCUT2D eigenvalue weighted by atomic mass is 16.6. The molecular formula is C30H50N4O6. The number of alkyl carbamates (subject to hydrolysis) is 1. The van der Waals surface area contributed by atoms with E-state index in [1.807, 2.05) is 0 Å². The predicted octanol–water partition coefficient (Wildman–Crippen LogP) is 3.04. The lowest BCUT2D eigenvalue weighted by Gasteiger charge is -2.34. The summed E-state index contributed by atoms with van der Waals surface area (Å²) >= 11 is 0. The van der Waals surface area contributed by atoms with Crippen molar-refractivity contribution in [1.29, 1.82) is 0 Å². The molecular weight excluding hydrogens is 512 g/mol. The fourth-order valence-electron chi connectivity index (χ4n) is 6.35. The Labute approximate surface area is 239 Å². The monoisotopic (exact) mass is 562 g/mol. The zero-order valence-corrected chi connectivity index (χ0v) is 25.0. The maximum Gasteiger partial charge on any atom is 0.408 e. The van der Waals surface area contributed by atoms with E-state index in [1.165, 1.54) is 6.08 Å². The van der Waals surface area contributed by atoms with Gasteiger partial charge in [0.2, 0.25) is 11.8 Å². The number of ether oxygens (including phenoxy) is 1. The molecule has 0 bridgehead atoms. The minimum atomic E-state index is -1.42. The third-order valence-electron chi connectivity index (χ3n) is 8.66. The van der Waals surface area contributed by atoms with E-state index in [0.29, 0.717) is 19.4 Å². The Balaban J connectivity index is 1.86. The second-order valence-electron chi connectivity index (χ2n) is 13.2. The quantitative estimate of drug-likeness (QED) is 0.380. The van der Waals surface area contributed by atoms with Gasteiger partial charge in [-0.25, -0.2) is 4.79 Å². The normalized spacial score (nSPS) is 30.2. The number of piperidine rings is 1. The van der Waals surface area contributed by atoms with Gasteiger partial charge in [-0.1, -0.05) is 64.9 Å². The Bertz CT molecular complexity index is 945. The van der Waals surface area contributed by atoms with Crippen LogP contribution in [0.5, 0.6) is 0 Å². The van der Waals surface area contributed by atoms with Gasteiger partial charge >= 0.3 is 6.09 Å². The molecule has 2 heterocycles. The first-order chi connectivity index (χ1) is 18.8. The number of carbonyl (C=O) groups excluding carboxylic acids is 4. The number of nitrogens with one attached hydrogen (secondary N) is 3. The summed E-state index contributed by atoms with van der Waals surface area (Å²) in [5, 5.41) is 19.2. The minimum absolute atomic E-state index is 0.0371. The van der Waals surface area contributed by atoms with Crippen molar-refractivity contribution in [2.45, 2.75) is 122 Å². The third-order valence-corrected chi connectivity index (χ3v) is 8.66. The van der Waals surface area contributed by atoms with Crippen molar-refractivity contribution in [3.63, 3.8) is 0 Å². The Morgan fingerprint density at radius 2 is 1.73 bits per heavy atom. The van der Waals surface area contributed by atoms with E-state index in [9.17, 15) is 24.3 Å². The number of rotatable bonds is 5. The Kier molecular flexibility index (Phi) is 10.7. The van der Waals surface area contributed by atoms with E-state index in [1.54, 1.807) is 25.7 Å². The number of aliphatic hydroxyl groups excluding tert-OH is 1. The van der Waals surface area contributed by atoms with Gasteiger partial charge < -0.3 is 30.7 Å². The second-order valence-corrected chi connectivity index (χ2v) is 13.2. The van der Waals surface area contributed by atoms with Gasteiger partial charge in [0.1, 0.15) is 17.7 Å². The second kappa shape index (κ2) is 13.4. The number of aliphatic hydroxyl groups is 1. The number of hydrogen-bond acceptors (Lipinski definition) is 6. The fraction of sp³-hybridized carbons (Fsp3) is 0.800. The van der Waals surface area contributed by atoms with Crippen LogP contribution in [0.1, 0.15) is 92.4 Å². The van der Waals surface area contributed by atoms with Crippen molar-refractivity contribution in [3.05, 3.63) is 12.7 Å². The molecule has 2 saturated heterocycles. The first kappa shape index (κ1) is 31.9. The molecule has 3 fully saturated rings. The van der Waals surface area contributed by atoms with E-state index in [4.69, 9.17) is 4.74 Å². The molecule has 0 aromatic carbocycles. The molecule has 4 amide bonds. The SMILES string of the molecule is C=CCNC(=O)C(O)[C@@H]1CCCCCCCCC[C@H](NC(=O)OC(C)(C)C)C(=O)N2C[C@H]3[C@@H]([C@H]2C(=O)N1)C3(C)C. The van der Waals surface area contributed by atoms with Crippen molar-refractivity contribution in [2.24, 2.45) is 17.3 Å². The molecule has 3 rings (SSSR count). The van der Waals surface area contributed by atoms with Gasteiger partial charge in [-0.3, -0.25) is 14.4 Å². The van der Waals surface area contributed by atoms with Gasteiger partial charge in [0.05, 0.1) is 6.04 Å². The molecule has 40 heavy (non-hydrogen) atoms. The lowest BCUT2D eigenvalue weighted by Crippen LogP contribution is -2.59. The van der Waals surface area contributed by atoms with E-state index >= 15 is 0 Å². The average molecular weight is 563 g/mol. The Hall–Kier alpha value is -2.62. The summed E-state index contributed by atoms with van der Waals surface area (Å²) in [5.41, 5.74) is -0.815. The predicted molar refractivity (Wildman–Crippen MR) is 152 cm³/mol. The summed E-state index contributed by atoms with van der Waals surface area (Å²) in [6.07, 6.45) is 6.85. The number of fused-ring (bicyclic) bond motifs is 3. The van der Waals surface area contributed by atoms with Crippen LogP contribution in [0.15, 0.2) is 12.7 Å². The van der Waals surface area contributed by atoms with Gasteiger partial charge in [0, 0.05) is 13.1 Å². The number of carbonyl (C=O) groups is 4. The molecule has 1 aliphatic carbocycles. The zero-order valence-electron chi connectivity index (χ0n) is 25.0. The highest BCUT2D eigenvalue weighted by molar-refractivity contribution is 5.93. The van der Waals surface area contributed by atoms with Gasteiger partial charge in [-0.2, -0.15) is 0 Å². The molecule has 226 valence electrons. The maximum atomic E-state index is 13.9. The molecule has 0 spiro atoms. The van der Waals surface area contributed by atoms with E-state index < -0.39 is 41.8 Å². The molecule has 1 unspecified atom stereocenters. The molecule has 2 aliphatic heterocycles. The zero-order chi connectivity index (χ0) is 29.7. The van der Waals surface area contributed by atoms with Crippen molar-refractivity contribution in [2.75, 3.05) is 13.1 Å². The summed E-state index contributed by atoms with van der Waals surface area (Å²) in [4.78, 5) is 54.6. The van der Waals surface area contributed by atoms with E-state index in [2.05, 4.69) is 36.4 Å². The molecule has 6 atom stereocenters. The van der Waals surface area contributed by atoms with Crippen molar-refractivity contribution in [1.82, 2.24) is 20.9 Å². The molecule has 1 saturated carbocycles. The van der Waals surface area contributed by atoms with E-state index in [-0.39, 0.29) is 35.6 Å². The van der Waals surface area contributed by atoms with Crippen LogP contribution < -0.4 is 16.0 Å². The van der Waals surface area contributed by atoms with Crippen LogP contribution in [0.2, 0.25) is 0 Å². The Morgan fingerprint density at radius 3 is 2.33 bits per heavy atom. The molecule has 0 aromatic heterocycles. The van der Waals surface area contributed by atoms with Crippen LogP contribution in [-0.2, 0) is 19.1 Å². The Morgan fingerprint density at radius 1 is 1.12 bits per heavy atom. The van der Waals surface area contributed by atoms with Gasteiger partial charge in [0.15, 0.2) is 6.10 Å². The average Bonchev–Trinajstić information content (AvgIpc) is 3.19. The number of hydrogen-bond donors (Lipinski definition) is 4. The van der Waals surface area contributed by atoms with Crippen LogP contribution in [0.3, 0.4) is 0 Å². The highest BCUT2D eigenvalue weighted by Crippen LogP contribution is 2.65. The molecule has 0 radical (unpaired) electrons. The fourth-order valence-corrected chi connectivity index (χ4v) is 6.35. The van der Waals surface area contributed by atoms with Crippen LogP contribution in [0.4, 0.5) is 4.79 Å². The first-order valence-electron chi connectivity index (χ1n) is 14.9. The van der Waals surface area contributed by atoms with Crippen LogP contribution in [0.25, 0.3) is 0 Å². The van der Waals surface area contributed by atoms with Gasteiger partial charge in [-0.15, -0.1) is 6.58 Å². The van der Waals surface area contributed by atoms with Crippen LogP contribution in [-0.4, -0.2) is 76.7 Å². The number of nitrogens with zero attached hydrogens (tertiary/aromatic N) is 1. The highest BCUT2D eigenvalue weighted by Gasteiger charge is 2.69. The van der Waals surface area contributed by atoms with Gasteiger partial charge in [-0.05, 0) is 50.9 Å². The standard InChI is InChI=1S/C30H50N4O6/c1-7-17-31-26(37)24(35)20-15-13-11-9-8-10-12-14-16-21(33-28(39)40-29(2,3)4)27(38)34-18-19-22(30(19,5)6)23(34)25(36)32-20/h7,19-24,35H,1,8-18H2,2-6H3,(H,31,37)(H,32,36)(H,33,39)/t19-,20-,21-,22-,23-,24?/m0/s1. The van der Waals surface area contributed by atoms with Gasteiger partial charge in [0.25, 0.3) is 5.91 Å². The topological polar surface area (TPSA) is 137 Å². The summed E-state index contributed by atoms with van der Waals surface area (Å²) in [5.74, 6) is -1.09. The lowest BCUT2D eigenvalue weighted by molar-refractivity contribution is -0.143. The number of amides is 4. The summed E-state index contributed by atoms with van der Waals surface area (Å²) in [6, 6.07) is -2.32. The maximum absolute atomic E-state index is 13.9. The first-order valence-corrected chi connectivity index (χ1v) is 14.9. The van der Waals surface area contributed by atoms with Crippen LogP contribution >= 0.6 is 0 Å². The minimum Gasteiger partial charge on any atom is -0.444 e. The summed E-state index contributed by atoms with van der Waals surface area (Å²) < 4.78 is 5.44. The van der Waals surface area contributed by atoms with E-state index in [0.717, 1.165) is 44.9 Å². The van der Waals surface area contributed by atoms with Crippen molar-refractivity contribution in [3.8, 4) is 0 Å². The summed E-state index contributed by atoms with van der Waals surface area (Å²) in [6.45, 7) is 13.7. The largest absolute Gasteiger partial charge is 0.444 e.